The Kier molecular flexibility index (Phi) is 6.13. The predicted molar refractivity (Wildman–Crippen MR) is 100.0 cm³/mol. The van der Waals surface area contributed by atoms with Crippen LogP contribution in [0.3, 0.4) is 0 Å². The van der Waals surface area contributed by atoms with Crippen LogP contribution in [0.25, 0.3) is 0 Å². The van der Waals surface area contributed by atoms with Crippen LogP contribution in [0, 0.1) is 6.92 Å². The molecular formula is C17H21FN4O2S2. The maximum absolute atomic E-state index is 14.0. The molecule has 0 saturated carbocycles. The zero-order chi connectivity index (χ0) is 18.6. The molecule has 3 rings (SSSR count). The largest absolute Gasteiger partial charge is 0.288 e. The molecule has 1 atom stereocenters. The van der Waals surface area contributed by atoms with Gasteiger partial charge in [0.15, 0.2) is 0 Å². The van der Waals surface area contributed by atoms with Gasteiger partial charge in [-0.15, -0.1) is 21.5 Å². The van der Waals surface area contributed by atoms with Crippen LogP contribution in [0.4, 0.5) is 4.39 Å². The summed E-state index contributed by atoms with van der Waals surface area (Å²) in [7, 11) is -3.65. The van der Waals surface area contributed by atoms with Crippen molar-refractivity contribution < 1.29 is 12.8 Å². The molecule has 1 aromatic heterocycles. The highest BCUT2D eigenvalue weighted by atomic mass is 32.2. The standard InChI is InChI=1S/C17H21FN4O2S2/c1-13-20-21-17(25-13)12-22-10-15(18)9-16(11-22)26(23,24)19-8-7-14-5-3-2-4-6-14/h2-6,9,16,19H,7-8,10-12H2,1H3. The van der Waals surface area contributed by atoms with E-state index in [0.29, 0.717) is 13.0 Å². The number of halogens is 1. The van der Waals surface area contributed by atoms with Crippen molar-refractivity contribution in [3.8, 4) is 0 Å². The SMILES string of the molecule is Cc1nnc(CN2CC(F)=CC(S(=O)(=O)NCCc3ccccc3)C2)s1. The zero-order valence-electron chi connectivity index (χ0n) is 14.4. The third-order valence-electron chi connectivity index (χ3n) is 4.06. The molecular weight excluding hydrogens is 375 g/mol. The van der Waals surface area contributed by atoms with Crippen LogP contribution in [0.5, 0.6) is 0 Å². The Labute approximate surface area is 156 Å². The number of aromatic nitrogens is 2. The van der Waals surface area contributed by atoms with Gasteiger partial charge in [0.05, 0.1) is 13.1 Å². The van der Waals surface area contributed by atoms with Gasteiger partial charge in [0, 0.05) is 13.1 Å². The lowest BCUT2D eigenvalue weighted by Gasteiger charge is -2.28. The predicted octanol–water partition coefficient (Wildman–Crippen LogP) is 2.05. The summed E-state index contributed by atoms with van der Waals surface area (Å²) in [5, 5.41) is 8.64. The maximum Gasteiger partial charge on any atom is 0.219 e. The summed E-state index contributed by atoms with van der Waals surface area (Å²) in [5.74, 6) is -0.434. The average molecular weight is 397 g/mol. The number of rotatable bonds is 7. The van der Waals surface area contributed by atoms with Crippen LogP contribution < -0.4 is 4.72 Å². The van der Waals surface area contributed by atoms with Gasteiger partial charge in [-0.3, -0.25) is 4.90 Å². The lowest BCUT2D eigenvalue weighted by molar-refractivity contribution is 0.258. The van der Waals surface area contributed by atoms with Crippen molar-refractivity contribution in [2.45, 2.75) is 25.1 Å². The smallest absolute Gasteiger partial charge is 0.219 e. The van der Waals surface area contributed by atoms with Crippen LogP contribution in [0.2, 0.25) is 0 Å². The molecule has 1 unspecified atom stereocenters. The number of nitrogens with one attached hydrogen (secondary N) is 1. The zero-order valence-corrected chi connectivity index (χ0v) is 16.1. The van der Waals surface area contributed by atoms with Gasteiger partial charge >= 0.3 is 0 Å². The van der Waals surface area contributed by atoms with Gasteiger partial charge < -0.3 is 0 Å². The van der Waals surface area contributed by atoms with Crippen LogP contribution in [0.1, 0.15) is 15.6 Å². The molecule has 0 radical (unpaired) electrons. The number of sulfonamides is 1. The van der Waals surface area contributed by atoms with E-state index in [9.17, 15) is 12.8 Å². The van der Waals surface area contributed by atoms with Gasteiger partial charge in [0.1, 0.15) is 21.1 Å². The minimum atomic E-state index is -3.65. The Hall–Kier alpha value is -1.68. The fourth-order valence-corrected chi connectivity index (χ4v) is 4.92. The molecule has 140 valence electrons. The van der Waals surface area contributed by atoms with Crippen molar-refractivity contribution >= 4 is 21.4 Å². The molecule has 0 bridgehead atoms. The van der Waals surface area contributed by atoms with Gasteiger partial charge in [0.25, 0.3) is 0 Å². The van der Waals surface area contributed by atoms with Crippen molar-refractivity contribution in [1.82, 2.24) is 19.8 Å². The van der Waals surface area contributed by atoms with E-state index >= 15 is 0 Å². The molecule has 2 heterocycles. The third kappa shape index (κ3) is 5.16. The Morgan fingerprint density at radius 2 is 2.08 bits per heavy atom. The second-order valence-electron chi connectivity index (χ2n) is 6.21. The Morgan fingerprint density at radius 1 is 1.31 bits per heavy atom. The van der Waals surface area contributed by atoms with E-state index in [-0.39, 0.29) is 19.6 Å². The van der Waals surface area contributed by atoms with Crippen molar-refractivity contribution in [2.24, 2.45) is 0 Å². The lowest BCUT2D eigenvalue weighted by Crippen LogP contribution is -2.45. The Balaban J connectivity index is 1.59. The summed E-state index contributed by atoms with van der Waals surface area (Å²) >= 11 is 1.43. The normalized spacial score (nSPS) is 18.7. The number of nitrogens with zero attached hydrogens (tertiary/aromatic N) is 3. The quantitative estimate of drug-likeness (QED) is 0.775. The Bertz CT molecular complexity index is 868. The van der Waals surface area contributed by atoms with Gasteiger partial charge in [-0.2, -0.15) is 0 Å². The molecule has 2 aromatic rings. The molecule has 0 fully saturated rings. The highest BCUT2D eigenvalue weighted by molar-refractivity contribution is 7.90. The van der Waals surface area contributed by atoms with Crippen LogP contribution in [-0.4, -0.2) is 48.4 Å². The van der Waals surface area contributed by atoms with Crippen molar-refractivity contribution in [3.63, 3.8) is 0 Å². The van der Waals surface area contributed by atoms with E-state index < -0.39 is 21.1 Å². The molecule has 0 saturated heterocycles. The topological polar surface area (TPSA) is 75.2 Å². The second-order valence-corrected chi connectivity index (χ2v) is 9.46. The maximum atomic E-state index is 14.0. The van der Waals surface area contributed by atoms with Gasteiger partial charge in [-0.25, -0.2) is 17.5 Å². The summed E-state index contributed by atoms with van der Waals surface area (Å²) in [6, 6.07) is 9.63. The summed E-state index contributed by atoms with van der Waals surface area (Å²) in [4.78, 5) is 1.75. The van der Waals surface area contributed by atoms with Crippen LogP contribution in [-0.2, 0) is 23.0 Å². The monoisotopic (exact) mass is 396 g/mol. The molecule has 9 heteroatoms. The first-order chi connectivity index (χ1) is 12.4. The molecule has 1 aliphatic heterocycles. The van der Waals surface area contributed by atoms with Crippen molar-refractivity contribution in [2.75, 3.05) is 19.6 Å². The molecule has 6 nitrogen and oxygen atoms in total. The highest BCUT2D eigenvalue weighted by Gasteiger charge is 2.30. The van der Waals surface area contributed by atoms with E-state index in [1.807, 2.05) is 37.3 Å². The number of benzene rings is 1. The first-order valence-corrected chi connectivity index (χ1v) is 10.7. The second kappa shape index (κ2) is 8.34. The first kappa shape index (κ1) is 19.1. The summed E-state index contributed by atoms with van der Waals surface area (Å²) in [5.41, 5.74) is 1.05. The molecule has 1 aliphatic rings. The molecule has 26 heavy (non-hydrogen) atoms. The van der Waals surface area contributed by atoms with Crippen molar-refractivity contribution in [1.29, 1.82) is 0 Å². The van der Waals surface area contributed by atoms with Gasteiger partial charge in [-0.05, 0) is 25.0 Å². The van der Waals surface area contributed by atoms with Gasteiger partial charge in [-0.1, -0.05) is 30.3 Å². The Morgan fingerprint density at radius 3 is 2.77 bits per heavy atom. The number of aryl methyl sites for hydroxylation is 1. The molecule has 0 spiro atoms. The summed E-state index contributed by atoms with van der Waals surface area (Å²) in [6.07, 6.45) is 1.79. The van der Waals surface area contributed by atoms with Gasteiger partial charge in [0.2, 0.25) is 10.0 Å². The summed E-state index contributed by atoms with van der Waals surface area (Å²) < 4.78 is 41.7. The number of hydrogen-bond acceptors (Lipinski definition) is 6. The fourth-order valence-electron chi connectivity index (χ4n) is 2.83. The van der Waals surface area contributed by atoms with E-state index in [0.717, 1.165) is 15.6 Å². The molecule has 1 N–H and O–H groups in total. The molecule has 0 aliphatic carbocycles. The minimum absolute atomic E-state index is 0.0919. The summed E-state index contributed by atoms with van der Waals surface area (Å²) in [6.45, 7) is 2.85. The third-order valence-corrected chi connectivity index (χ3v) is 6.58. The van der Waals surface area contributed by atoms with E-state index in [1.165, 1.54) is 17.4 Å². The number of hydrogen-bond donors (Lipinski definition) is 1. The van der Waals surface area contributed by atoms with Crippen LogP contribution >= 0.6 is 11.3 Å². The van der Waals surface area contributed by atoms with Crippen LogP contribution in [0.15, 0.2) is 42.2 Å². The highest BCUT2D eigenvalue weighted by Crippen LogP contribution is 2.20. The lowest BCUT2D eigenvalue weighted by atomic mass is 10.2. The fraction of sp³-hybridized carbons (Fsp3) is 0.412. The van der Waals surface area contributed by atoms with E-state index in [4.69, 9.17) is 0 Å². The van der Waals surface area contributed by atoms with Crippen molar-refractivity contribution in [3.05, 3.63) is 57.8 Å². The minimum Gasteiger partial charge on any atom is -0.288 e. The molecule has 0 amide bonds. The molecule has 1 aromatic carbocycles. The van der Waals surface area contributed by atoms with E-state index in [1.54, 1.807) is 4.90 Å². The van der Waals surface area contributed by atoms with E-state index in [2.05, 4.69) is 14.9 Å². The first-order valence-electron chi connectivity index (χ1n) is 8.32. The average Bonchev–Trinajstić information content (AvgIpc) is 3.00.